The maximum atomic E-state index is 11.6. The number of aliphatic hydroxyl groups excluding tert-OH is 2. The lowest BCUT2D eigenvalue weighted by Crippen LogP contribution is -2.11. The summed E-state index contributed by atoms with van der Waals surface area (Å²) in [4.78, 5) is 33.4. The Morgan fingerprint density at radius 3 is 1.53 bits per heavy atom. The maximum absolute atomic E-state index is 11.6. The Bertz CT molecular complexity index is 852. The van der Waals surface area contributed by atoms with Gasteiger partial charge in [0.25, 0.3) is 0 Å². The van der Waals surface area contributed by atoms with Gasteiger partial charge in [-0.15, -0.1) is 0 Å². The molecule has 0 saturated carbocycles. The second kappa shape index (κ2) is 18.6. The van der Waals surface area contributed by atoms with E-state index in [-0.39, 0.29) is 36.9 Å². The number of aliphatic hydroxyl groups is 2. The van der Waals surface area contributed by atoms with E-state index < -0.39 is 5.97 Å². The Morgan fingerprint density at radius 1 is 0.765 bits per heavy atom. The van der Waals surface area contributed by atoms with Crippen molar-refractivity contribution in [2.24, 2.45) is 0 Å². The molecule has 4 N–H and O–H groups in total. The molecule has 0 atom stereocenters. The molecule has 34 heavy (non-hydrogen) atoms. The molecule has 2 aromatic carbocycles. The average Bonchev–Trinajstić information content (AvgIpc) is 2.83. The van der Waals surface area contributed by atoms with Crippen LogP contribution in [0.5, 0.6) is 11.5 Å². The van der Waals surface area contributed by atoms with E-state index in [9.17, 15) is 14.4 Å². The van der Waals surface area contributed by atoms with Crippen LogP contribution < -0.4 is 9.47 Å². The monoisotopic (exact) mass is 542 g/mol. The molecular weight excluding hydrogens is 512 g/mol. The van der Waals surface area contributed by atoms with Crippen molar-refractivity contribution in [2.75, 3.05) is 38.4 Å². The van der Waals surface area contributed by atoms with Crippen molar-refractivity contribution in [1.29, 1.82) is 0 Å². The van der Waals surface area contributed by atoms with Gasteiger partial charge in [0.2, 0.25) is 0 Å². The molecule has 9 nitrogen and oxygen atoms in total. The Hall–Kier alpha value is -2.79. The standard InChI is InChI=1S/C13H16O5.C11H13BrO3.H2O/c1-10(15)18-9-13(16)11-3-5-12(6-4-11)17-8-2-7-14;12-8-11(14)9-2-4-10(5-3-9)15-7-1-6-13;/h3-6,14H,2,7-9H2,1H3;2-5,13H,1,6-8H2;1H2. The van der Waals surface area contributed by atoms with Crippen molar-refractivity contribution in [2.45, 2.75) is 19.8 Å². The first-order chi connectivity index (χ1) is 15.9. The van der Waals surface area contributed by atoms with Crippen molar-refractivity contribution in [3.05, 3.63) is 59.7 Å². The van der Waals surface area contributed by atoms with Gasteiger partial charge in [-0.1, -0.05) is 15.9 Å². The number of halogens is 1. The van der Waals surface area contributed by atoms with Gasteiger partial charge in [0.05, 0.1) is 18.5 Å². The van der Waals surface area contributed by atoms with Crippen LogP contribution in [0.25, 0.3) is 0 Å². The molecule has 0 radical (unpaired) electrons. The molecule has 2 aromatic rings. The van der Waals surface area contributed by atoms with Gasteiger partial charge in [-0.2, -0.15) is 0 Å². The van der Waals surface area contributed by atoms with Gasteiger partial charge in [-0.05, 0) is 48.5 Å². The fraction of sp³-hybridized carbons (Fsp3) is 0.375. The number of carbonyl (C=O) groups excluding carboxylic acids is 3. The quantitative estimate of drug-likeness (QED) is 0.169. The average molecular weight is 543 g/mol. The summed E-state index contributed by atoms with van der Waals surface area (Å²) in [7, 11) is 0. The Kier molecular flexibility index (Phi) is 17.1. The summed E-state index contributed by atoms with van der Waals surface area (Å²) in [5.41, 5.74) is 1.13. The van der Waals surface area contributed by atoms with Gasteiger partial charge < -0.3 is 29.9 Å². The second-order valence-corrected chi connectivity index (χ2v) is 7.22. The van der Waals surface area contributed by atoms with Crippen molar-refractivity contribution < 1.29 is 44.3 Å². The third-order valence-electron chi connectivity index (χ3n) is 4.02. The van der Waals surface area contributed by atoms with Gasteiger partial charge in [0.15, 0.2) is 18.2 Å². The number of Topliss-reactive ketones (excluding diaryl/α,β-unsaturated/α-hetero) is 2. The van der Waals surface area contributed by atoms with Crippen LogP contribution in [-0.2, 0) is 9.53 Å². The second-order valence-electron chi connectivity index (χ2n) is 6.66. The number of carbonyl (C=O) groups is 3. The van der Waals surface area contributed by atoms with Crippen LogP contribution in [0.2, 0.25) is 0 Å². The molecule has 188 valence electrons. The van der Waals surface area contributed by atoms with Crippen LogP contribution in [0.1, 0.15) is 40.5 Å². The minimum Gasteiger partial charge on any atom is -0.494 e. The molecule has 0 aliphatic rings. The highest BCUT2D eigenvalue weighted by Crippen LogP contribution is 2.14. The third kappa shape index (κ3) is 13.0. The van der Waals surface area contributed by atoms with E-state index in [1.165, 1.54) is 6.92 Å². The lowest BCUT2D eigenvalue weighted by Gasteiger charge is -2.06. The van der Waals surface area contributed by atoms with E-state index in [1.807, 2.05) is 0 Å². The highest BCUT2D eigenvalue weighted by molar-refractivity contribution is 9.09. The van der Waals surface area contributed by atoms with Crippen molar-refractivity contribution in [3.8, 4) is 11.5 Å². The summed E-state index contributed by atoms with van der Waals surface area (Å²) in [6.45, 7) is 2.13. The molecule has 2 rings (SSSR count). The smallest absolute Gasteiger partial charge is 0.303 e. The van der Waals surface area contributed by atoms with Crippen molar-refractivity contribution in [3.63, 3.8) is 0 Å². The third-order valence-corrected chi connectivity index (χ3v) is 4.53. The Balaban J connectivity index is 0.000000632. The minimum atomic E-state index is -0.479. The number of ketones is 2. The number of hydrogen-bond acceptors (Lipinski definition) is 8. The largest absolute Gasteiger partial charge is 0.494 e. The molecule has 0 spiro atoms. The first kappa shape index (κ1) is 31.2. The number of benzene rings is 2. The fourth-order valence-electron chi connectivity index (χ4n) is 2.31. The van der Waals surface area contributed by atoms with Crippen LogP contribution >= 0.6 is 15.9 Å². The molecule has 0 fully saturated rings. The number of alkyl halides is 1. The molecule has 0 amide bonds. The number of rotatable bonds is 13. The number of hydrogen-bond donors (Lipinski definition) is 2. The summed E-state index contributed by atoms with van der Waals surface area (Å²) in [6.07, 6.45) is 1.18. The van der Waals surface area contributed by atoms with Crippen LogP contribution in [0.15, 0.2) is 48.5 Å². The van der Waals surface area contributed by atoms with Crippen molar-refractivity contribution >= 4 is 33.5 Å². The van der Waals surface area contributed by atoms with Gasteiger partial charge in [-0.3, -0.25) is 14.4 Å². The maximum Gasteiger partial charge on any atom is 0.303 e. The van der Waals surface area contributed by atoms with E-state index in [2.05, 4.69) is 20.7 Å². The number of esters is 1. The molecule has 0 unspecified atom stereocenters. The van der Waals surface area contributed by atoms with E-state index in [1.54, 1.807) is 48.5 Å². The van der Waals surface area contributed by atoms with Gasteiger partial charge in [0, 0.05) is 44.1 Å². The minimum absolute atomic E-state index is 0. The predicted molar refractivity (Wildman–Crippen MR) is 130 cm³/mol. The predicted octanol–water partition coefficient (Wildman–Crippen LogP) is 2.39. The van der Waals surface area contributed by atoms with Crippen LogP contribution in [0.4, 0.5) is 0 Å². The molecule has 0 aromatic heterocycles. The fourth-order valence-corrected chi connectivity index (χ4v) is 2.63. The molecule has 0 bridgehead atoms. The summed E-state index contributed by atoms with van der Waals surface area (Å²) in [6, 6.07) is 13.5. The van der Waals surface area contributed by atoms with E-state index in [0.717, 1.165) is 5.75 Å². The summed E-state index contributed by atoms with van der Waals surface area (Å²) < 4.78 is 15.3. The lowest BCUT2D eigenvalue weighted by molar-refractivity contribution is -0.139. The normalized spacial score (nSPS) is 9.65. The Morgan fingerprint density at radius 2 is 1.18 bits per heavy atom. The van der Waals surface area contributed by atoms with Gasteiger partial charge in [-0.25, -0.2) is 0 Å². The van der Waals surface area contributed by atoms with Gasteiger partial charge >= 0.3 is 5.97 Å². The summed E-state index contributed by atoms with van der Waals surface area (Å²) >= 11 is 3.11. The summed E-state index contributed by atoms with van der Waals surface area (Å²) in [5, 5.41) is 17.5. The molecular formula is C24H31BrO9. The van der Waals surface area contributed by atoms with Crippen molar-refractivity contribution in [1.82, 2.24) is 0 Å². The van der Waals surface area contributed by atoms with E-state index in [0.29, 0.717) is 48.3 Å². The molecule has 0 heterocycles. The molecule has 0 saturated heterocycles. The molecule has 10 heteroatoms. The van der Waals surface area contributed by atoms with E-state index in [4.69, 9.17) is 19.7 Å². The lowest BCUT2D eigenvalue weighted by atomic mass is 10.1. The van der Waals surface area contributed by atoms with Crippen LogP contribution in [-0.4, -0.2) is 71.6 Å². The highest BCUT2D eigenvalue weighted by Gasteiger charge is 2.07. The van der Waals surface area contributed by atoms with Crippen LogP contribution in [0.3, 0.4) is 0 Å². The highest BCUT2D eigenvalue weighted by atomic mass is 79.9. The topological polar surface area (TPSA) is 151 Å². The number of ether oxygens (including phenoxy) is 3. The van der Waals surface area contributed by atoms with E-state index >= 15 is 0 Å². The molecule has 0 aliphatic heterocycles. The zero-order chi connectivity index (χ0) is 24.5. The molecule has 0 aliphatic carbocycles. The first-order valence-corrected chi connectivity index (χ1v) is 11.5. The zero-order valence-electron chi connectivity index (χ0n) is 19.0. The first-order valence-electron chi connectivity index (χ1n) is 10.3. The SMILES string of the molecule is CC(=O)OCC(=O)c1ccc(OCCCO)cc1.O.O=C(CBr)c1ccc(OCCCO)cc1. The van der Waals surface area contributed by atoms with Gasteiger partial charge in [0.1, 0.15) is 11.5 Å². The Labute approximate surface area is 207 Å². The van der Waals surface area contributed by atoms with Crippen LogP contribution in [0, 0.1) is 0 Å². The zero-order valence-corrected chi connectivity index (χ0v) is 20.6. The summed E-state index contributed by atoms with van der Waals surface area (Å²) in [5.74, 6) is 0.665.